The Morgan fingerprint density at radius 1 is 1.43 bits per heavy atom. The summed E-state index contributed by atoms with van der Waals surface area (Å²) in [4.78, 5) is 4.12. The van der Waals surface area contributed by atoms with Gasteiger partial charge >= 0.3 is 0 Å². The Morgan fingerprint density at radius 2 is 2.21 bits per heavy atom. The molecule has 0 radical (unpaired) electrons. The number of hydrogen-bond acceptors (Lipinski definition) is 2. The lowest BCUT2D eigenvalue weighted by Gasteiger charge is -2.01. The lowest BCUT2D eigenvalue weighted by atomic mass is 10.2. The van der Waals surface area contributed by atoms with Gasteiger partial charge in [-0.2, -0.15) is 5.10 Å². The molecule has 0 spiro atoms. The minimum absolute atomic E-state index is 0.906. The molecule has 72 valence electrons. The number of fused-ring (bicyclic) bond motifs is 1. The number of aromatic nitrogens is 2. The van der Waals surface area contributed by atoms with E-state index in [4.69, 9.17) is 0 Å². The molecule has 0 bridgehead atoms. The maximum absolute atomic E-state index is 4.29. The van der Waals surface area contributed by atoms with Gasteiger partial charge in [-0.1, -0.05) is 11.6 Å². The van der Waals surface area contributed by atoms with Crippen molar-refractivity contribution in [3.05, 3.63) is 30.0 Å². The third-order valence-corrected chi connectivity index (χ3v) is 2.35. The predicted octanol–water partition coefficient (Wildman–Crippen LogP) is 2.24. The molecule has 0 saturated heterocycles. The molecule has 1 heterocycles. The summed E-state index contributed by atoms with van der Waals surface area (Å²) in [6.07, 6.45) is 1.87. The third-order valence-electron chi connectivity index (χ3n) is 2.35. The molecule has 0 aliphatic rings. The van der Waals surface area contributed by atoms with Crippen molar-refractivity contribution in [3.63, 3.8) is 0 Å². The number of rotatable bonds is 0. The summed E-state index contributed by atoms with van der Waals surface area (Å²) in [7, 11) is 1.77. The quantitative estimate of drug-likeness (QED) is 0.459. The van der Waals surface area contributed by atoms with E-state index in [1.807, 2.05) is 17.8 Å². The van der Waals surface area contributed by atoms with Crippen LogP contribution >= 0.6 is 0 Å². The molecule has 2 aromatic rings. The Morgan fingerprint density at radius 3 is 2.93 bits per heavy atom. The van der Waals surface area contributed by atoms with Crippen LogP contribution in [0.25, 0.3) is 10.9 Å². The lowest BCUT2D eigenvalue weighted by molar-refractivity contribution is 0.952. The van der Waals surface area contributed by atoms with Crippen molar-refractivity contribution in [2.45, 2.75) is 13.8 Å². The average Bonchev–Trinajstić information content (AvgIpc) is 2.59. The van der Waals surface area contributed by atoms with E-state index in [0.717, 1.165) is 16.7 Å². The van der Waals surface area contributed by atoms with Crippen LogP contribution < -0.4 is 0 Å². The van der Waals surface area contributed by atoms with E-state index >= 15 is 0 Å². The average molecular weight is 187 g/mol. The zero-order valence-corrected chi connectivity index (χ0v) is 8.65. The fourth-order valence-corrected chi connectivity index (χ4v) is 1.50. The first-order valence-corrected chi connectivity index (χ1v) is 4.60. The van der Waals surface area contributed by atoms with Gasteiger partial charge in [0.15, 0.2) is 0 Å². The molecule has 14 heavy (non-hydrogen) atoms. The smallest absolute Gasteiger partial charge is 0.122 e. The van der Waals surface area contributed by atoms with Gasteiger partial charge in [-0.3, -0.25) is 4.99 Å². The van der Waals surface area contributed by atoms with Crippen LogP contribution in [0.2, 0.25) is 0 Å². The van der Waals surface area contributed by atoms with Gasteiger partial charge < -0.3 is 0 Å². The fraction of sp³-hybridized carbons (Fsp3) is 0.273. The molecule has 3 heteroatoms. The Bertz CT molecular complexity index is 494. The lowest BCUT2D eigenvalue weighted by Crippen LogP contribution is -2.08. The summed E-state index contributed by atoms with van der Waals surface area (Å²) in [6, 6.07) is 6.29. The third kappa shape index (κ3) is 1.31. The molecule has 0 saturated carbocycles. The van der Waals surface area contributed by atoms with E-state index in [2.05, 4.69) is 35.2 Å². The SMILES string of the molecule is CN=C(C)n1ncc2cc(C)ccc21. The summed E-state index contributed by atoms with van der Waals surface area (Å²) in [5.74, 6) is 0.906. The molecule has 0 N–H and O–H groups in total. The highest BCUT2D eigenvalue weighted by Gasteiger charge is 2.03. The summed E-state index contributed by atoms with van der Waals surface area (Å²) in [5, 5.41) is 5.45. The molecule has 2 rings (SSSR count). The van der Waals surface area contributed by atoms with Crippen LogP contribution in [0.5, 0.6) is 0 Å². The van der Waals surface area contributed by atoms with Crippen LogP contribution in [0.4, 0.5) is 0 Å². The second-order valence-corrected chi connectivity index (χ2v) is 3.39. The molecule has 0 fully saturated rings. The second kappa shape index (κ2) is 3.25. The molecule has 0 aliphatic carbocycles. The monoisotopic (exact) mass is 187 g/mol. The van der Waals surface area contributed by atoms with Crippen LogP contribution in [-0.4, -0.2) is 22.7 Å². The van der Waals surface area contributed by atoms with Crippen molar-refractivity contribution < 1.29 is 0 Å². The highest BCUT2D eigenvalue weighted by Crippen LogP contribution is 2.15. The molecule has 3 nitrogen and oxygen atoms in total. The van der Waals surface area contributed by atoms with Gasteiger partial charge in [-0.05, 0) is 26.0 Å². The van der Waals surface area contributed by atoms with E-state index < -0.39 is 0 Å². The van der Waals surface area contributed by atoms with Gasteiger partial charge in [0.2, 0.25) is 0 Å². The van der Waals surface area contributed by atoms with Crippen molar-refractivity contribution in [3.8, 4) is 0 Å². The molecular weight excluding hydrogens is 174 g/mol. The van der Waals surface area contributed by atoms with Crippen molar-refractivity contribution in [1.82, 2.24) is 9.78 Å². The van der Waals surface area contributed by atoms with Crippen molar-refractivity contribution >= 4 is 16.7 Å². The zero-order valence-electron chi connectivity index (χ0n) is 8.65. The first-order valence-electron chi connectivity index (χ1n) is 4.60. The Kier molecular flexibility index (Phi) is 2.08. The molecule has 0 aliphatic heterocycles. The summed E-state index contributed by atoms with van der Waals surface area (Å²) < 4.78 is 1.86. The van der Waals surface area contributed by atoms with Gasteiger partial charge in [0.1, 0.15) is 5.84 Å². The topological polar surface area (TPSA) is 30.2 Å². The van der Waals surface area contributed by atoms with Gasteiger partial charge in [-0.15, -0.1) is 0 Å². The molecule has 0 atom stereocenters. The van der Waals surface area contributed by atoms with Crippen LogP contribution in [-0.2, 0) is 0 Å². The number of aliphatic imine (C=N–C) groups is 1. The van der Waals surface area contributed by atoms with Crippen molar-refractivity contribution in [1.29, 1.82) is 0 Å². The van der Waals surface area contributed by atoms with Gasteiger partial charge in [-0.25, -0.2) is 4.68 Å². The van der Waals surface area contributed by atoms with Gasteiger partial charge in [0.25, 0.3) is 0 Å². The highest BCUT2D eigenvalue weighted by atomic mass is 15.3. The fourth-order valence-electron chi connectivity index (χ4n) is 1.50. The van der Waals surface area contributed by atoms with E-state index in [9.17, 15) is 0 Å². The van der Waals surface area contributed by atoms with Crippen molar-refractivity contribution in [2.24, 2.45) is 4.99 Å². The molecule has 1 aromatic carbocycles. The van der Waals surface area contributed by atoms with E-state index in [1.165, 1.54) is 5.56 Å². The maximum atomic E-state index is 4.29. The Labute approximate surface area is 83.1 Å². The molecule has 1 aromatic heterocycles. The van der Waals surface area contributed by atoms with Gasteiger partial charge in [0.05, 0.1) is 11.7 Å². The van der Waals surface area contributed by atoms with Crippen LogP contribution in [0, 0.1) is 6.92 Å². The standard InChI is InChI=1S/C11H13N3/c1-8-4-5-11-10(6-8)7-13-14(11)9(2)12-3/h4-7H,1-3H3. The Balaban J connectivity index is 2.70. The second-order valence-electron chi connectivity index (χ2n) is 3.39. The first kappa shape index (κ1) is 8.94. The predicted molar refractivity (Wildman–Crippen MR) is 58.9 cm³/mol. The van der Waals surface area contributed by atoms with E-state index in [-0.39, 0.29) is 0 Å². The maximum Gasteiger partial charge on any atom is 0.122 e. The van der Waals surface area contributed by atoms with Crippen LogP contribution in [0.15, 0.2) is 29.4 Å². The summed E-state index contributed by atoms with van der Waals surface area (Å²) in [6.45, 7) is 4.03. The summed E-state index contributed by atoms with van der Waals surface area (Å²) in [5.41, 5.74) is 2.36. The van der Waals surface area contributed by atoms with Crippen LogP contribution in [0.3, 0.4) is 0 Å². The number of nitrogens with zero attached hydrogens (tertiary/aromatic N) is 3. The zero-order chi connectivity index (χ0) is 10.1. The largest absolute Gasteiger partial charge is 0.274 e. The first-order chi connectivity index (χ1) is 6.72. The van der Waals surface area contributed by atoms with E-state index in [1.54, 1.807) is 7.05 Å². The van der Waals surface area contributed by atoms with Crippen molar-refractivity contribution in [2.75, 3.05) is 7.05 Å². The minimum atomic E-state index is 0.906. The number of aryl methyl sites for hydroxylation is 1. The normalized spacial score (nSPS) is 12.4. The molecule has 0 unspecified atom stereocenters. The number of benzene rings is 1. The molecular formula is C11H13N3. The molecule has 0 amide bonds. The van der Waals surface area contributed by atoms with Crippen LogP contribution in [0.1, 0.15) is 12.5 Å². The van der Waals surface area contributed by atoms with Gasteiger partial charge in [0, 0.05) is 12.4 Å². The highest BCUT2D eigenvalue weighted by molar-refractivity contribution is 5.92. The minimum Gasteiger partial charge on any atom is -0.274 e. The number of hydrogen-bond donors (Lipinski definition) is 0. The Hall–Kier alpha value is -1.64. The van der Waals surface area contributed by atoms with E-state index in [0.29, 0.717) is 0 Å². The summed E-state index contributed by atoms with van der Waals surface area (Å²) >= 11 is 0.